The summed E-state index contributed by atoms with van der Waals surface area (Å²) >= 11 is 0. The second kappa shape index (κ2) is 6.37. The number of nitrogens with zero attached hydrogens (tertiary/aromatic N) is 1. The molecule has 3 nitrogen and oxygen atoms in total. The zero-order valence-corrected chi connectivity index (χ0v) is 12.2. The predicted molar refractivity (Wildman–Crippen MR) is 73.6 cm³/mol. The van der Waals surface area contributed by atoms with Gasteiger partial charge < -0.3 is 9.64 Å². The van der Waals surface area contributed by atoms with Crippen molar-refractivity contribution in [3.05, 3.63) is 0 Å². The van der Waals surface area contributed by atoms with Gasteiger partial charge in [0, 0.05) is 24.4 Å². The van der Waals surface area contributed by atoms with E-state index in [1.54, 1.807) is 0 Å². The first-order chi connectivity index (χ1) is 7.61. The Bertz CT molecular complexity index is 225. The molecule has 0 bridgehead atoms. The smallest absolute Gasteiger partial charge is 0.112 e. The monoisotopic (exact) mass is 262 g/mol. The summed E-state index contributed by atoms with van der Waals surface area (Å²) in [6, 6.07) is 0. The van der Waals surface area contributed by atoms with Gasteiger partial charge in [0.1, 0.15) is 6.23 Å². The van der Waals surface area contributed by atoms with Crippen molar-refractivity contribution >= 4 is 12.4 Å². The van der Waals surface area contributed by atoms with Gasteiger partial charge in [-0.1, -0.05) is 20.8 Å². The Balaban J connectivity index is 0.00000144. The van der Waals surface area contributed by atoms with Gasteiger partial charge in [-0.2, -0.15) is 0 Å². The average Bonchev–Trinajstić information content (AvgIpc) is 2.29. The Morgan fingerprint density at radius 3 is 2.76 bits per heavy atom. The molecule has 102 valence electrons. The Morgan fingerprint density at radius 2 is 2.18 bits per heavy atom. The molecule has 4 heteroatoms. The molecule has 0 aliphatic carbocycles. The molecular formula is C13H27ClN2O. The Morgan fingerprint density at radius 1 is 1.41 bits per heavy atom. The second-order valence-corrected chi connectivity index (χ2v) is 6.07. The van der Waals surface area contributed by atoms with Crippen LogP contribution < -0.4 is 5.32 Å². The third kappa shape index (κ3) is 4.09. The quantitative estimate of drug-likeness (QED) is 0.825. The van der Waals surface area contributed by atoms with Gasteiger partial charge in [-0.05, 0) is 25.9 Å². The van der Waals surface area contributed by atoms with Gasteiger partial charge in [0.2, 0.25) is 0 Å². The van der Waals surface area contributed by atoms with Crippen LogP contribution in [0.2, 0.25) is 0 Å². The van der Waals surface area contributed by atoms with Crippen molar-refractivity contribution in [2.75, 3.05) is 32.8 Å². The normalized spacial score (nSPS) is 34.1. The summed E-state index contributed by atoms with van der Waals surface area (Å²) in [6.45, 7) is 12.4. The lowest BCUT2D eigenvalue weighted by Crippen LogP contribution is -2.54. The molecule has 0 radical (unpaired) electrons. The standard InChI is InChI=1S/C13H26N2O.ClH/c1-4-15-7-5-6-11(8-15)12-14-9-13(2,3)10-16-12;/h11-12,14H,4-10H2,1-3H3;1H. The van der Waals surface area contributed by atoms with E-state index in [4.69, 9.17) is 4.74 Å². The number of rotatable bonds is 2. The Kier molecular flexibility index (Phi) is 5.71. The number of ether oxygens (including phenoxy) is 1. The SMILES string of the molecule is CCN1CCCC(C2NCC(C)(C)CO2)C1.Cl. The lowest BCUT2D eigenvalue weighted by Gasteiger charge is -2.42. The molecule has 0 spiro atoms. The van der Waals surface area contributed by atoms with Gasteiger partial charge >= 0.3 is 0 Å². The van der Waals surface area contributed by atoms with E-state index < -0.39 is 0 Å². The fraction of sp³-hybridized carbons (Fsp3) is 1.00. The number of piperidine rings is 1. The topological polar surface area (TPSA) is 24.5 Å². The molecule has 2 atom stereocenters. The van der Waals surface area contributed by atoms with Crippen LogP contribution in [0.15, 0.2) is 0 Å². The highest BCUT2D eigenvalue weighted by atomic mass is 35.5. The lowest BCUT2D eigenvalue weighted by atomic mass is 9.90. The van der Waals surface area contributed by atoms with Crippen molar-refractivity contribution in [2.45, 2.75) is 39.8 Å². The van der Waals surface area contributed by atoms with Crippen molar-refractivity contribution in [2.24, 2.45) is 11.3 Å². The third-order valence-corrected chi connectivity index (χ3v) is 3.85. The van der Waals surface area contributed by atoms with Crippen molar-refractivity contribution < 1.29 is 4.74 Å². The highest BCUT2D eigenvalue weighted by Crippen LogP contribution is 2.26. The van der Waals surface area contributed by atoms with Crippen molar-refractivity contribution in [3.63, 3.8) is 0 Å². The van der Waals surface area contributed by atoms with Gasteiger partial charge in [0.25, 0.3) is 0 Å². The number of halogens is 1. The molecule has 2 saturated heterocycles. The summed E-state index contributed by atoms with van der Waals surface area (Å²) in [5, 5.41) is 3.57. The third-order valence-electron chi connectivity index (χ3n) is 3.85. The zero-order valence-electron chi connectivity index (χ0n) is 11.4. The molecule has 2 heterocycles. The van der Waals surface area contributed by atoms with Gasteiger partial charge in [0.05, 0.1) is 6.61 Å². The molecule has 2 rings (SSSR count). The van der Waals surface area contributed by atoms with Crippen molar-refractivity contribution in [1.82, 2.24) is 10.2 Å². The van der Waals surface area contributed by atoms with Crippen LogP contribution in [-0.4, -0.2) is 43.9 Å². The number of likely N-dealkylation sites (tertiary alicyclic amines) is 1. The van der Waals surface area contributed by atoms with E-state index in [0.717, 1.165) is 13.2 Å². The molecule has 0 saturated carbocycles. The van der Waals surface area contributed by atoms with Crippen LogP contribution in [-0.2, 0) is 4.74 Å². The molecule has 2 fully saturated rings. The highest BCUT2D eigenvalue weighted by Gasteiger charge is 2.33. The summed E-state index contributed by atoms with van der Waals surface area (Å²) in [6.07, 6.45) is 2.93. The van der Waals surface area contributed by atoms with Crippen molar-refractivity contribution in [1.29, 1.82) is 0 Å². The van der Waals surface area contributed by atoms with E-state index >= 15 is 0 Å². The minimum Gasteiger partial charge on any atom is -0.362 e. The number of hydrogen-bond donors (Lipinski definition) is 1. The Labute approximate surface area is 112 Å². The van der Waals surface area contributed by atoms with Crippen LogP contribution >= 0.6 is 12.4 Å². The summed E-state index contributed by atoms with van der Waals surface area (Å²) in [7, 11) is 0. The van der Waals surface area contributed by atoms with E-state index in [9.17, 15) is 0 Å². The zero-order chi connectivity index (χ0) is 11.6. The molecular weight excluding hydrogens is 236 g/mol. The molecule has 0 aromatic carbocycles. The van der Waals surface area contributed by atoms with Crippen LogP contribution in [0.5, 0.6) is 0 Å². The van der Waals surface area contributed by atoms with Gasteiger partial charge in [-0.15, -0.1) is 12.4 Å². The summed E-state index contributed by atoms with van der Waals surface area (Å²) in [5.74, 6) is 0.685. The summed E-state index contributed by atoms with van der Waals surface area (Å²) in [4.78, 5) is 2.54. The van der Waals surface area contributed by atoms with Crippen LogP contribution in [0, 0.1) is 11.3 Å². The maximum Gasteiger partial charge on any atom is 0.112 e. The fourth-order valence-electron chi connectivity index (χ4n) is 2.73. The van der Waals surface area contributed by atoms with Gasteiger partial charge in [-0.25, -0.2) is 0 Å². The second-order valence-electron chi connectivity index (χ2n) is 6.07. The van der Waals surface area contributed by atoms with Crippen LogP contribution in [0.4, 0.5) is 0 Å². The van der Waals surface area contributed by atoms with E-state index in [1.807, 2.05) is 0 Å². The maximum absolute atomic E-state index is 5.99. The summed E-state index contributed by atoms with van der Waals surface area (Å²) in [5.41, 5.74) is 0.301. The van der Waals surface area contributed by atoms with Crippen LogP contribution in [0.25, 0.3) is 0 Å². The molecule has 0 aromatic heterocycles. The molecule has 2 aliphatic rings. The summed E-state index contributed by atoms with van der Waals surface area (Å²) < 4.78 is 5.99. The average molecular weight is 263 g/mol. The fourth-order valence-corrected chi connectivity index (χ4v) is 2.73. The molecule has 0 aromatic rings. The van der Waals surface area contributed by atoms with E-state index in [0.29, 0.717) is 17.6 Å². The number of hydrogen-bond acceptors (Lipinski definition) is 3. The Hall–Kier alpha value is 0.170. The van der Waals surface area contributed by atoms with Gasteiger partial charge in [0.15, 0.2) is 0 Å². The van der Waals surface area contributed by atoms with Crippen LogP contribution in [0.3, 0.4) is 0 Å². The lowest BCUT2D eigenvalue weighted by molar-refractivity contribution is -0.0965. The van der Waals surface area contributed by atoms with Crippen molar-refractivity contribution in [3.8, 4) is 0 Å². The van der Waals surface area contributed by atoms with Gasteiger partial charge in [-0.3, -0.25) is 5.32 Å². The molecule has 0 amide bonds. The minimum atomic E-state index is 0. The van der Waals surface area contributed by atoms with E-state index in [2.05, 4.69) is 31.0 Å². The molecule has 17 heavy (non-hydrogen) atoms. The first-order valence-corrected chi connectivity index (χ1v) is 6.68. The first-order valence-electron chi connectivity index (χ1n) is 6.68. The van der Waals surface area contributed by atoms with E-state index in [1.165, 1.54) is 32.5 Å². The largest absolute Gasteiger partial charge is 0.362 e. The minimum absolute atomic E-state index is 0. The first kappa shape index (κ1) is 15.2. The maximum atomic E-state index is 5.99. The highest BCUT2D eigenvalue weighted by molar-refractivity contribution is 5.85. The molecule has 2 aliphatic heterocycles. The van der Waals surface area contributed by atoms with Crippen LogP contribution in [0.1, 0.15) is 33.6 Å². The number of nitrogens with one attached hydrogen (secondary N) is 1. The molecule has 1 N–H and O–H groups in total. The van der Waals surface area contributed by atoms with E-state index in [-0.39, 0.29) is 12.4 Å². The molecule has 2 unspecified atom stereocenters. The predicted octanol–water partition coefficient (Wildman–Crippen LogP) is 2.11.